The van der Waals surface area contributed by atoms with E-state index >= 15 is 0 Å². The molecule has 3 heteroatoms. The predicted octanol–water partition coefficient (Wildman–Crippen LogP) is 3.10. The van der Waals surface area contributed by atoms with Crippen molar-refractivity contribution in [1.82, 2.24) is 9.80 Å². The summed E-state index contributed by atoms with van der Waals surface area (Å²) in [4.78, 5) is 16.5. The Hall–Kier alpha value is -0.570. The van der Waals surface area contributed by atoms with Crippen molar-refractivity contribution in [1.29, 1.82) is 0 Å². The molecule has 1 atom stereocenters. The first-order valence-electron chi connectivity index (χ1n) is 8.27. The Labute approximate surface area is 125 Å². The van der Waals surface area contributed by atoms with E-state index in [2.05, 4.69) is 44.4 Å². The fourth-order valence-corrected chi connectivity index (χ4v) is 3.24. The van der Waals surface area contributed by atoms with Crippen LogP contribution in [-0.4, -0.2) is 48.9 Å². The van der Waals surface area contributed by atoms with Crippen LogP contribution in [0.4, 0.5) is 0 Å². The van der Waals surface area contributed by atoms with Crippen LogP contribution in [0.2, 0.25) is 0 Å². The third-order valence-electron chi connectivity index (χ3n) is 4.77. The zero-order valence-electron chi connectivity index (χ0n) is 14.4. The van der Waals surface area contributed by atoms with E-state index in [0.29, 0.717) is 18.4 Å². The van der Waals surface area contributed by atoms with Crippen molar-refractivity contribution in [2.24, 2.45) is 23.7 Å². The van der Waals surface area contributed by atoms with Gasteiger partial charge in [-0.05, 0) is 43.6 Å². The van der Waals surface area contributed by atoms with E-state index < -0.39 is 0 Å². The highest BCUT2D eigenvalue weighted by atomic mass is 16.2. The molecule has 0 aliphatic carbocycles. The van der Waals surface area contributed by atoms with Crippen LogP contribution in [0.15, 0.2) is 0 Å². The fraction of sp³-hybridized carbons (Fsp3) is 0.941. The molecule has 0 aromatic carbocycles. The van der Waals surface area contributed by atoms with E-state index in [4.69, 9.17) is 0 Å². The highest BCUT2D eigenvalue weighted by Crippen LogP contribution is 2.29. The molecule has 1 heterocycles. The molecule has 20 heavy (non-hydrogen) atoms. The molecule has 1 aliphatic heterocycles. The predicted molar refractivity (Wildman–Crippen MR) is 85.6 cm³/mol. The summed E-state index contributed by atoms with van der Waals surface area (Å²) >= 11 is 0. The van der Waals surface area contributed by atoms with Crippen LogP contribution in [0.3, 0.4) is 0 Å². The van der Waals surface area contributed by atoms with Gasteiger partial charge in [-0.25, -0.2) is 0 Å². The van der Waals surface area contributed by atoms with Crippen molar-refractivity contribution in [2.75, 3.05) is 33.2 Å². The number of carbonyl (C=O) groups excluding carboxylic acids is 1. The smallest absolute Gasteiger partial charge is 0.236 e. The average Bonchev–Trinajstić information content (AvgIpc) is 2.36. The van der Waals surface area contributed by atoms with Crippen LogP contribution >= 0.6 is 0 Å². The summed E-state index contributed by atoms with van der Waals surface area (Å²) < 4.78 is 0. The molecule has 118 valence electrons. The fourth-order valence-electron chi connectivity index (χ4n) is 3.24. The highest BCUT2D eigenvalue weighted by Gasteiger charge is 2.27. The lowest BCUT2D eigenvalue weighted by atomic mass is 9.79. The van der Waals surface area contributed by atoms with Crippen LogP contribution in [0.5, 0.6) is 0 Å². The Morgan fingerprint density at radius 1 is 1.15 bits per heavy atom. The zero-order valence-corrected chi connectivity index (χ0v) is 14.4. The lowest BCUT2D eigenvalue weighted by molar-refractivity contribution is -0.133. The number of likely N-dealkylation sites (N-methyl/N-ethyl adjacent to an activating group) is 1. The Kier molecular flexibility index (Phi) is 7.01. The molecule has 0 radical (unpaired) electrons. The molecule has 1 aliphatic rings. The molecule has 1 fully saturated rings. The third-order valence-corrected chi connectivity index (χ3v) is 4.77. The van der Waals surface area contributed by atoms with E-state index in [1.165, 1.54) is 12.8 Å². The Morgan fingerprint density at radius 3 is 2.15 bits per heavy atom. The monoisotopic (exact) mass is 282 g/mol. The van der Waals surface area contributed by atoms with Gasteiger partial charge in [0.1, 0.15) is 0 Å². The van der Waals surface area contributed by atoms with Gasteiger partial charge in [0.25, 0.3) is 0 Å². The lowest BCUT2D eigenvalue weighted by Crippen LogP contribution is -2.44. The SMILES string of the molecule is CC(C)CN(C)CC(=O)N1CCC(C(C)C(C)C)CC1. The maximum Gasteiger partial charge on any atom is 0.236 e. The molecule has 3 nitrogen and oxygen atoms in total. The van der Waals surface area contributed by atoms with E-state index in [1.807, 2.05) is 7.05 Å². The summed E-state index contributed by atoms with van der Waals surface area (Å²) in [6.07, 6.45) is 2.36. The number of amides is 1. The van der Waals surface area contributed by atoms with E-state index in [9.17, 15) is 4.79 Å². The quantitative estimate of drug-likeness (QED) is 0.747. The second-order valence-corrected chi connectivity index (χ2v) is 7.41. The summed E-state index contributed by atoms with van der Waals surface area (Å²) in [5.41, 5.74) is 0. The minimum absolute atomic E-state index is 0.309. The minimum atomic E-state index is 0.309. The highest BCUT2D eigenvalue weighted by molar-refractivity contribution is 5.78. The normalized spacial score (nSPS) is 19.1. The van der Waals surface area contributed by atoms with Crippen LogP contribution in [0.25, 0.3) is 0 Å². The van der Waals surface area contributed by atoms with Gasteiger partial charge < -0.3 is 4.90 Å². The molecule has 0 N–H and O–H groups in total. The first-order chi connectivity index (χ1) is 9.31. The van der Waals surface area contributed by atoms with Crippen molar-refractivity contribution in [2.45, 2.75) is 47.5 Å². The summed E-state index contributed by atoms with van der Waals surface area (Å²) in [5.74, 6) is 3.25. The van der Waals surface area contributed by atoms with Crippen LogP contribution in [0.1, 0.15) is 47.5 Å². The Bertz CT molecular complexity index is 293. The van der Waals surface area contributed by atoms with Crippen LogP contribution < -0.4 is 0 Å². The number of nitrogens with zero attached hydrogens (tertiary/aromatic N) is 2. The van der Waals surface area contributed by atoms with Gasteiger partial charge in [-0.15, -0.1) is 0 Å². The van der Waals surface area contributed by atoms with Crippen molar-refractivity contribution in [3.8, 4) is 0 Å². The molecule has 0 spiro atoms. The lowest BCUT2D eigenvalue weighted by Gasteiger charge is -2.37. The number of rotatable bonds is 6. The third kappa shape index (κ3) is 5.43. The average molecular weight is 282 g/mol. The van der Waals surface area contributed by atoms with Gasteiger partial charge in [-0.2, -0.15) is 0 Å². The Balaban J connectivity index is 2.35. The molecule has 0 aromatic heterocycles. The first kappa shape index (κ1) is 17.5. The number of piperidine rings is 1. The number of carbonyl (C=O) groups is 1. The standard InChI is InChI=1S/C17H34N2O/c1-13(2)11-18(6)12-17(20)19-9-7-16(8-10-19)15(5)14(3)4/h13-16H,7-12H2,1-6H3. The maximum atomic E-state index is 12.3. The van der Waals surface area contributed by atoms with Crippen LogP contribution in [-0.2, 0) is 4.79 Å². The van der Waals surface area contributed by atoms with Gasteiger partial charge >= 0.3 is 0 Å². The van der Waals surface area contributed by atoms with Crippen molar-refractivity contribution in [3.63, 3.8) is 0 Å². The van der Waals surface area contributed by atoms with Crippen molar-refractivity contribution >= 4 is 5.91 Å². The summed E-state index contributed by atoms with van der Waals surface area (Å²) in [6.45, 7) is 14.8. The molecule has 0 bridgehead atoms. The minimum Gasteiger partial charge on any atom is -0.342 e. The van der Waals surface area contributed by atoms with E-state index in [0.717, 1.165) is 37.4 Å². The molecular weight excluding hydrogens is 248 g/mol. The second-order valence-electron chi connectivity index (χ2n) is 7.41. The summed E-state index contributed by atoms with van der Waals surface area (Å²) in [5, 5.41) is 0. The first-order valence-corrected chi connectivity index (χ1v) is 8.27. The Morgan fingerprint density at radius 2 is 1.70 bits per heavy atom. The van der Waals surface area contributed by atoms with Gasteiger partial charge in [-0.3, -0.25) is 9.69 Å². The maximum absolute atomic E-state index is 12.3. The second kappa shape index (κ2) is 8.02. The molecule has 0 saturated carbocycles. The molecule has 1 saturated heterocycles. The van der Waals surface area contributed by atoms with E-state index in [-0.39, 0.29) is 0 Å². The molecule has 1 rings (SSSR count). The van der Waals surface area contributed by atoms with E-state index in [1.54, 1.807) is 0 Å². The van der Waals surface area contributed by atoms with Gasteiger partial charge in [0.2, 0.25) is 5.91 Å². The van der Waals surface area contributed by atoms with Gasteiger partial charge in [0, 0.05) is 19.6 Å². The topological polar surface area (TPSA) is 23.6 Å². The number of hydrogen-bond acceptors (Lipinski definition) is 2. The van der Waals surface area contributed by atoms with Crippen LogP contribution in [0, 0.1) is 23.7 Å². The largest absolute Gasteiger partial charge is 0.342 e. The summed E-state index contributed by atoms with van der Waals surface area (Å²) in [6, 6.07) is 0. The zero-order chi connectivity index (χ0) is 15.3. The number of hydrogen-bond donors (Lipinski definition) is 0. The number of likely N-dealkylation sites (tertiary alicyclic amines) is 1. The summed E-state index contributed by atoms with van der Waals surface area (Å²) in [7, 11) is 2.05. The van der Waals surface area contributed by atoms with Gasteiger partial charge in [0.05, 0.1) is 6.54 Å². The van der Waals surface area contributed by atoms with Gasteiger partial charge in [0.15, 0.2) is 0 Å². The molecular formula is C17H34N2O. The van der Waals surface area contributed by atoms with Crippen molar-refractivity contribution < 1.29 is 4.79 Å². The molecule has 1 amide bonds. The molecule has 1 unspecified atom stereocenters. The van der Waals surface area contributed by atoms with Crippen molar-refractivity contribution in [3.05, 3.63) is 0 Å². The molecule has 0 aromatic rings. The van der Waals surface area contributed by atoms with Gasteiger partial charge in [-0.1, -0.05) is 34.6 Å².